The summed E-state index contributed by atoms with van der Waals surface area (Å²) >= 11 is 1.78. The number of rotatable bonds is 4. The third-order valence-electron chi connectivity index (χ3n) is 3.51. The summed E-state index contributed by atoms with van der Waals surface area (Å²) in [5, 5.41) is 11.6. The molecule has 0 saturated heterocycles. The Balaban J connectivity index is 1.50. The van der Waals surface area contributed by atoms with Crippen molar-refractivity contribution >= 4 is 17.0 Å². The molecule has 18 heavy (non-hydrogen) atoms. The normalized spacial score (nSPS) is 17.5. The number of anilines is 1. The van der Waals surface area contributed by atoms with E-state index in [0.29, 0.717) is 6.04 Å². The van der Waals surface area contributed by atoms with Crippen molar-refractivity contribution in [3.05, 3.63) is 51.7 Å². The standard InChI is InChI=1S/C15H18N2S/c1-11-9-18-10-13(11)7-16-8-14-6-12-4-2-3-5-15(12)17-14/h2-5,9-10,14,16-17H,6-8H2,1H3. The predicted molar refractivity (Wildman–Crippen MR) is 78.3 cm³/mol. The van der Waals surface area contributed by atoms with Gasteiger partial charge < -0.3 is 10.6 Å². The molecule has 1 aromatic heterocycles. The minimum atomic E-state index is 0.529. The van der Waals surface area contributed by atoms with Crippen LogP contribution in [0.25, 0.3) is 0 Å². The summed E-state index contributed by atoms with van der Waals surface area (Å²) in [6, 6.07) is 9.12. The number of hydrogen-bond acceptors (Lipinski definition) is 3. The largest absolute Gasteiger partial charge is 0.380 e. The van der Waals surface area contributed by atoms with Crippen LogP contribution in [0.15, 0.2) is 35.0 Å². The molecule has 0 fully saturated rings. The lowest BCUT2D eigenvalue weighted by molar-refractivity contribution is 0.614. The number of hydrogen-bond donors (Lipinski definition) is 2. The third-order valence-corrected chi connectivity index (χ3v) is 4.42. The Morgan fingerprint density at radius 3 is 3.00 bits per heavy atom. The van der Waals surface area contributed by atoms with Gasteiger partial charge >= 0.3 is 0 Å². The van der Waals surface area contributed by atoms with Gasteiger partial charge in [-0.05, 0) is 46.9 Å². The summed E-state index contributed by atoms with van der Waals surface area (Å²) in [5.74, 6) is 0. The molecule has 94 valence electrons. The molecule has 0 saturated carbocycles. The van der Waals surface area contributed by atoms with Crippen LogP contribution in [0.4, 0.5) is 5.69 Å². The van der Waals surface area contributed by atoms with E-state index >= 15 is 0 Å². The lowest BCUT2D eigenvalue weighted by atomic mass is 10.1. The highest BCUT2D eigenvalue weighted by Gasteiger charge is 2.19. The van der Waals surface area contributed by atoms with Gasteiger partial charge in [0.1, 0.15) is 0 Å². The Hall–Kier alpha value is -1.32. The van der Waals surface area contributed by atoms with Crippen LogP contribution in [-0.4, -0.2) is 12.6 Å². The summed E-state index contributed by atoms with van der Waals surface area (Å²) in [4.78, 5) is 0. The van der Waals surface area contributed by atoms with Crippen LogP contribution >= 0.6 is 11.3 Å². The van der Waals surface area contributed by atoms with Crippen LogP contribution in [-0.2, 0) is 13.0 Å². The minimum Gasteiger partial charge on any atom is -0.380 e. The molecule has 1 atom stereocenters. The molecule has 0 amide bonds. The van der Waals surface area contributed by atoms with Crippen molar-refractivity contribution in [1.29, 1.82) is 0 Å². The highest BCUT2D eigenvalue weighted by Crippen LogP contribution is 2.24. The third kappa shape index (κ3) is 2.42. The average molecular weight is 258 g/mol. The van der Waals surface area contributed by atoms with Crippen LogP contribution in [0, 0.1) is 6.92 Å². The zero-order valence-electron chi connectivity index (χ0n) is 10.6. The van der Waals surface area contributed by atoms with Gasteiger partial charge in [-0.3, -0.25) is 0 Å². The molecule has 3 heteroatoms. The van der Waals surface area contributed by atoms with Gasteiger partial charge in [-0.1, -0.05) is 18.2 Å². The van der Waals surface area contributed by atoms with Gasteiger partial charge in [0.25, 0.3) is 0 Å². The first-order chi connectivity index (χ1) is 8.83. The van der Waals surface area contributed by atoms with Gasteiger partial charge in [0, 0.05) is 24.8 Å². The minimum absolute atomic E-state index is 0.529. The second kappa shape index (κ2) is 5.12. The van der Waals surface area contributed by atoms with E-state index in [1.165, 1.54) is 22.4 Å². The van der Waals surface area contributed by atoms with Crippen molar-refractivity contribution in [3.63, 3.8) is 0 Å². The molecule has 2 N–H and O–H groups in total. The van der Waals surface area contributed by atoms with E-state index in [0.717, 1.165) is 19.5 Å². The highest BCUT2D eigenvalue weighted by molar-refractivity contribution is 7.08. The van der Waals surface area contributed by atoms with Crippen LogP contribution in [0.5, 0.6) is 0 Å². The first-order valence-corrected chi connectivity index (χ1v) is 7.34. The maximum absolute atomic E-state index is 3.57. The van der Waals surface area contributed by atoms with Gasteiger partial charge in [0.2, 0.25) is 0 Å². The molecular weight excluding hydrogens is 240 g/mol. The van der Waals surface area contributed by atoms with Gasteiger partial charge in [-0.25, -0.2) is 0 Å². The SMILES string of the molecule is Cc1cscc1CNCC1Cc2ccccc2N1. The Labute approximate surface area is 112 Å². The summed E-state index contributed by atoms with van der Waals surface area (Å²) in [6.07, 6.45) is 1.13. The number of nitrogens with one attached hydrogen (secondary N) is 2. The molecule has 2 heterocycles. The second-order valence-electron chi connectivity index (χ2n) is 4.91. The van der Waals surface area contributed by atoms with Crippen LogP contribution in [0.3, 0.4) is 0 Å². The Bertz CT molecular complexity index is 508. The Morgan fingerprint density at radius 2 is 2.22 bits per heavy atom. The lowest BCUT2D eigenvalue weighted by Crippen LogP contribution is -2.30. The van der Waals surface area contributed by atoms with Crippen molar-refractivity contribution in [2.24, 2.45) is 0 Å². The lowest BCUT2D eigenvalue weighted by Gasteiger charge is -2.12. The monoisotopic (exact) mass is 258 g/mol. The van der Waals surface area contributed by atoms with Gasteiger partial charge in [-0.15, -0.1) is 0 Å². The average Bonchev–Trinajstić information content (AvgIpc) is 2.96. The van der Waals surface area contributed by atoms with Crippen LogP contribution in [0.2, 0.25) is 0 Å². The van der Waals surface area contributed by atoms with Crippen LogP contribution in [0.1, 0.15) is 16.7 Å². The Morgan fingerprint density at radius 1 is 1.33 bits per heavy atom. The van der Waals surface area contributed by atoms with Crippen molar-refractivity contribution in [2.75, 3.05) is 11.9 Å². The molecule has 2 aromatic rings. The molecule has 1 aliphatic heterocycles. The number of aryl methyl sites for hydroxylation is 1. The van der Waals surface area contributed by atoms with Crippen LogP contribution < -0.4 is 10.6 Å². The topological polar surface area (TPSA) is 24.1 Å². The molecule has 0 aliphatic carbocycles. The number of fused-ring (bicyclic) bond motifs is 1. The molecule has 3 rings (SSSR count). The van der Waals surface area contributed by atoms with E-state index in [1.807, 2.05) is 0 Å². The summed E-state index contributed by atoms with van der Waals surface area (Å²) in [6.45, 7) is 4.17. The van der Waals surface area contributed by atoms with E-state index in [-0.39, 0.29) is 0 Å². The molecule has 1 aliphatic rings. The van der Waals surface area contributed by atoms with Gasteiger partial charge in [0.05, 0.1) is 0 Å². The smallest absolute Gasteiger partial charge is 0.0427 e. The highest BCUT2D eigenvalue weighted by atomic mass is 32.1. The first-order valence-electron chi connectivity index (χ1n) is 6.40. The van der Waals surface area contributed by atoms with E-state index in [4.69, 9.17) is 0 Å². The predicted octanol–water partition coefficient (Wildman–Crippen LogP) is 3.18. The van der Waals surface area contributed by atoms with E-state index < -0.39 is 0 Å². The van der Waals surface area contributed by atoms with Crippen molar-refractivity contribution < 1.29 is 0 Å². The molecule has 0 radical (unpaired) electrons. The molecule has 1 unspecified atom stereocenters. The zero-order chi connectivity index (χ0) is 12.4. The molecule has 1 aromatic carbocycles. The molecular formula is C15H18N2S. The number of para-hydroxylation sites is 1. The van der Waals surface area contributed by atoms with Crippen molar-refractivity contribution in [2.45, 2.75) is 25.9 Å². The summed E-state index contributed by atoms with van der Waals surface area (Å²) < 4.78 is 0. The van der Waals surface area contributed by atoms with Crippen molar-refractivity contribution in [1.82, 2.24) is 5.32 Å². The van der Waals surface area contributed by atoms with Crippen molar-refractivity contribution in [3.8, 4) is 0 Å². The summed E-state index contributed by atoms with van der Waals surface area (Å²) in [5.41, 5.74) is 5.57. The Kier molecular flexibility index (Phi) is 3.35. The fourth-order valence-electron chi connectivity index (χ4n) is 2.45. The fourth-order valence-corrected chi connectivity index (χ4v) is 3.30. The van der Waals surface area contributed by atoms with E-state index in [1.54, 1.807) is 11.3 Å². The van der Waals surface area contributed by atoms with E-state index in [2.05, 4.69) is 52.6 Å². The summed E-state index contributed by atoms with van der Waals surface area (Å²) in [7, 11) is 0. The first kappa shape index (κ1) is 11.8. The zero-order valence-corrected chi connectivity index (χ0v) is 11.4. The second-order valence-corrected chi connectivity index (χ2v) is 5.66. The maximum atomic E-state index is 3.57. The molecule has 0 spiro atoms. The van der Waals surface area contributed by atoms with E-state index in [9.17, 15) is 0 Å². The fraction of sp³-hybridized carbons (Fsp3) is 0.333. The van der Waals surface area contributed by atoms with Gasteiger partial charge in [-0.2, -0.15) is 11.3 Å². The number of thiophene rings is 1. The molecule has 0 bridgehead atoms. The number of benzene rings is 1. The maximum Gasteiger partial charge on any atom is 0.0427 e. The molecule has 2 nitrogen and oxygen atoms in total. The quantitative estimate of drug-likeness (QED) is 0.880. The van der Waals surface area contributed by atoms with Gasteiger partial charge in [0.15, 0.2) is 0 Å².